The van der Waals surface area contributed by atoms with Gasteiger partial charge in [-0.25, -0.2) is 4.98 Å². The lowest BCUT2D eigenvalue weighted by Crippen LogP contribution is -2.51. The van der Waals surface area contributed by atoms with E-state index in [9.17, 15) is 9.90 Å². The summed E-state index contributed by atoms with van der Waals surface area (Å²) < 4.78 is 6.94. The predicted molar refractivity (Wildman–Crippen MR) is 132 cm³/mol. The number of aliphatic hydroxyl groups excluding tert-OH is 1. The number of nitrogens with zero attached hydrogens (tertiary/aromatic N) is 3. The third-order valence-electron chi connectivity index (χ3n) is 5.79. The summed E-state index contributed by atoms with van der Waals surface area (Å²) in [6.45, 7) is 7.19. The topological polar surface area (TPSA) is 77.9 Å². The van der Waals surface area contributed by atoms with Gasteiger partial charge in [0.25, 0.3) is 0 Å². The number of fused-ring (bicyclic) bond motifs is 1. The van der Waals surface area contributed by atoms with Gasteiger partial charge in [0, 0.05) is 45.3 Å². The number of aryl methyl sites for hydroxylation is 1. The molecule has 0 saturated carbocycles. The van der Waals surface area contributed by atoms with Crippen molar-refractivity contribution in [2.75, 3.05) is 52.4 Å². The fraction of sp³-hybridized carbons (Fsp3) is 0.440. The average Bonchev–Trinajstić information content (AvgIpc) is 3.19. The summed E-state index contributed by atoms with van der Waals surface area (Å²) >= 11 is 1.66. The maximum absolute atomic E-state index is 12.2. The Morgan fingerprint density at radius 2 is 1.91 bits per heavy atom. The summed E-state index contributed by atoms with van der Waals surface area (Å²) in [6.07, 6.45) is 0.281. The molecule has 2 N–H and O–H groups in total. The molecule has 2 aromatic carbocycles. The zero-order valence-corrected chi connectivity index (χ0v) is 19.9. The van der Waals surface area contributed by atoms with Crippen molar-refractivity contribution in [2.45, 2.75) is 19.4 Å². The Morgan fingerprint density at radius 1 is 1.15 bits per heavy atom. The van der Waals surface area contributed by atoms with Crippen molar-refractivity contribution in [3.63, 3.8) is 0 Å². The molecule has 1 aliphatic heterocycles. The number of ether oxygens (including phenoxy) is 1. The van der Waals surface area contributed by atoms with E-state index in [0.717, 1.165) is 53.6 Å². The zero-order chi connectivity index (χ0) is 23.0. The first-order chi connectivity index (χ1) is 16.0. The molecule has 0 radical (unpaired) electrons. The van der Waals surface area contributed by atoms with Gasteiger partial charge in [0.15, 0.2) is 0 Å². The van der Waals surface area contributed by atoms with E-state index in [4.69, 9.17) is 4.74 Å². The Balaban J connectivity index is 1.11. The fourth-order valence-electron chi connectivity index (χ4n) is 4.04. The standard InChI is InChI=1S/C25H32N4O3S/c1-19-27-23-15-22(7-8-24(23)33-19)32-18-21(30)16-28-11-13-29(14-12-28)17-25(31)26-10-9-20-5-3-2-4-6-20/h2-8,15,21,30H,9-14,16-18H2,1H3,(H,26,31)/t21-/m1/s1. The van der Waals surface area contributed by atoms with Crippen LogP contribution in [0.2, 0.25) is 0 Å². The number of aromatic nitrogens is 1. The molecule has 0 bridgehead atoms. The normalized spacial score (nSPS) is 16.1. The molecular formula is C25H32N4O3S. The molecule has 1 atom stereocenters. The summed E-state index contributed by atoms with van der Waals surface area (Å²) in [4.78, 5) is 21.1. The lowest BCUT2D eigenvalue weighted by atomic mass is 10.1. The molecule has 176 valence electrons. The van der Waals surface area contributed by atoms with E-state index in [1.165, 1.54) is 5.56 Å². The fourth-order valence-corrected chi connectivity index (χ4v) is 4.84. The van der Waals surface area contributed by atoms with E-state index in [1.54, 1.807) is 11.3 Å². The van der Waals surface area contributed by atoms with Gasteiger partial charge in [-0.05, 0) is 31.0 Å². The smallest absolute Gasteiger partial charge is 0.234 e. The molecule has 1 amide bonds. The van der Waals surface area contributed by atoms with Gasteiger partial charge in [-0.1, -0.05) is 30.3 Å². The Morgan fingerprint density at radius 3 is 2.70 bits per heavy atom. The van der Waals surface area contributed by atoms with E-state index in [0.29, 0.717) is 19.6 Å². The minimum absolute atomic E-state index is 0.0695. The zero-order valence-electron chi connectivity index (χ0n) is 19.1. The predicted octanol–water partition coefficient (Wildman–Crippen LogP) is 2.32. The summed E-state index contributed by atoms with van der Waals surface area (Å²) in [5, 5.41) is 14.5. The van der Waals surface area contributed by atoms with E-state index < -0.39 is 6.10 Å². The second kappa shape index (κ2) is 11.6. The number of β-amino-alcohol motifs (C(OH)–C–C–N with tert-alkyl or cyclic N) is 1. The highest BCUT2D eigenvalue weighted by molar-refractivity contribution is 7.18. The molecule has 33 heavy (non-hydrogen) atoms. The van der Waals surface area contributed by atoms with Gasteiger partial charge in [-0.2, -0.15) is 0 Å². The summed E-state index contributed by atoms with van der Waals surface area (Å²) in [5.74, 6) is 0.801. The number of aliphatic hydroxyl groups is 1. The van der Waals surface area contributed by atoms with Crippen molar-refractivity contribution in [3.05, 3.63) is 59.1 Å². The Bertz CT molecular complexity index is 1030. The van der Waals surface area contributed by atoms with Gasteiger partial charge in [0.2, 0.25) is 5.91 Å². The lowest BCUT2D eigenvalue weighted by Gasteiger charge is -2.35. The van der Waals surface area contributed by atoms with Crippen molar-refractivity contribution in [1.82, 2.24) is 20.1 Å². The van der Waals surface area contributed by atoms with Crippen LogP contribution in [0.4, 0.5) is 0 Å². The van der Waals surface area contributed by atoms with Crippen LogP contribution in [0.15, 0.2) is 48.5 Å². The Hall–Kier alpha value is -2.52. The highest BCUT2D eigenvalue weighted by atomic mass is 32.1. The Kier molecular flexibility index (Phi) is 8.28. The van der Waals surface area contributed by atoms with Crippen LogP contribution < -0.4 is 10.1 Å². The molecule has 0 aliphatic carbocycles. The molecule has 7 nitrogen and oxygen atoms in total. The van der Waals surface area contributed by atoms with Gasteiger partial charge in [-0.15, -0.1) is 11.3 Å². The molecule has 3 aromatic rings. The van der Waals surface area contributed by atoms with Gasteiger partial charge in [0.1, 0.15) is 18.5 Å². The van der Waals surface area contributed by atoms with E-state index in [-0.39, 0.29) is 12.5 Å². The van der Waals surface area contributed by atoms with Crippen molar-refractivity contribution < 1.29 is 14.6 Å². The first-order valence-corrected chi connectivity index (χ1v) is 12.3. The number of nitrogens with one attached hydrogen (secondary N) is 1. The summed E-state index contributed by atoms with van der Waals surface area (Å²) in [5.41, 5.74) is 2.16. The van der Waals surface area contributed by atoms with Crippen LogP contribution in [0.3, 0.4) is 0 Å². The van der Waals surface area contributed by atoms with Crippen LogP contribution in [0.5, 0.6) is 5.75 Å². The van der Waals surface area contributed by atoms with Crippen LogP contribution in [-0.2, 0) is 11.2 Å². The van der Waals surface area contributed by atoms with Crippen LogP contribution in [0.1, 0.15) is 10.6 Å². The first-order valence-electron chi connectivity index (χ1n) is 11.5. The van der Waals surface area contributed by atoms with Crippen LogP contribution in [0, 0.1) is 6.92 Å². The molecule has 0 spiro atoms. The van der Waals surface area contributed by atoms with Gasteiger partial charge < -0.3 is 15.2 Å². The number of thiazole rings is 1. The number of hydrogen-bond donors (Lipinski definition) is 2. The molecule has 1 aromatic heterocycles. The maximum atomic E-state index is 12.2. The summed E-state index contributed by atoms with van der Waals surface area (Å²) in [6, 6.07) is 16.0. The van der Waals surface area contributed by atoms with Gasteiger partial charge >= 0.3 is 0 Å². The highest BCUT2D eigenvalue weighted by Gasteiger charge is 2.21. The second-order valence-corrected chi connectivity index (χ2v) is 9.72. The molecule has 8 heteroatoms. The lowest BCUT2D eigenvalue weighted by molar-refractivity contribution is -0.122. The van der Waals surface area contributed by atoms with Crippen LogP contribution >= 0.6 is 11.3 Å². The third-order valence-corrected chi connectivity index (χ3v) is 6.74. The van der Waals surface area contributed by atoms with Crippen molar-refractivity contribution >= 4 is 27.5 Å². The largest absolute Gasteiger partial charge is 0.491 e. The first kappa shape index (κ1) is 23.6. The number of carbonyl (C=O) groups excluding carboxylic acids is 1. The van der Waals surface area contributed by atoms with E-state index in [1.807, 2.05) is 43.3 Å². The molecule has 1 fully saturated rings. The highest BCUT2D eigenvalue weighted by Crippen LogP contribution is 2.25. The van der Waals surface area contributed by atoms with Crippen molar-refractivity contribution in [3.8, 4) is 5.75 Å². The summed E-state index contributed by atoms with van der Waals surface area (Å²) in [7, 11) is 0. The molecule has 4 rings (SSSR count). The second-order valence-electron chi connectivity index (χ2n) is 8.49. The Labute approximate surface area is 199 Å². The minimum Gasteiger partial charge on any atom is -0.491 e. The average molecular weight is 469 g/mol. The van der Waals surface area contributed by atoms with Crippen molar-refractivity contribution in [2.24, 2.45) is 0 Å². The van der Waals surface area contributed by atoms with E-state index in [2.05, 4.69) is 32.2 Å². The molecule has 1 aliphatic rings. The molecule has 0 unspecified atom stereocenters. The molecule has 2 heterocycles. The third kappa shape index (κ3) is 7.23. The van der Waals surface area contributed by atoms with Gasteiger partial charge in [-0.3, -0.25) is 14.6 Å². The van der Waals surface area contributed by atoms with Crippen LogP contribution in [0.25, 0.3) is 10.2 Å². The SMILES string of the molecule is Cc1nc2cc(OC[C@H](O)CN3CCN(CC(=O)NCCc4ccccc4)CC3)ccc2s1. The number of benzene rings is 2. The van der Waals surface area contributed by atoms with Crippen molar-refractivity contribution in [1.29, 1.82) is 0 Å². The number of rotatable bonds is 10. The monoisotopic (exact) mass is 468 g/mol. The number of piperazine rings is 1. The van der Waals surface area contributed by atoms with E-state index >= 15 is 0 Å². The number of carbonyl (C=O) groups is 1. The quantitative estimate of drug-likeness (QED) is 0.476. The number of hydrogen-bond acceptors (Lipinski definition) is 7. The number of amides is 1. The maximum Gasteiger partial charge on any atom is 0.234 e. The minimum atomic E-state index is -0.564. The van der Waals surface area contributed by atoms with Gasteiger partial charge in [0.05, 0.1) is 21.8 Å². The molecular weight excluding hydrogens is 436 g/mol. The molecule has 1 saturated heterocycles. The van der Waals surface area contributed by atoms with Crippen LogP contribution in [-0.4, -0.2) is 84.3 Å².